The van der Waals surface area contributed by atoms with Crippen LogP contribution < -0.4 is 5.73 Å². The summed E-state index contributed by atoms with van der Waals surface area (Å²) < 4.78 is 6.92. The van der Waals surface area contributed by atoms with Gasteiger partial charge in [-0.1, -0.05) is 0 Å². The Morgan fingerprint density at radius 1 is 1.58 bits per heavy atom. The maximum Gasteiger partial charge on any atom is 0.355 e. The molecule has 0 spiro atoms. The molecule has 104 valence electrons. The molecule has 2 aromatic heterocycles. The summed E-state index contributed by atoms with van der Waals surface area (Å²) in [5.74, 6) is -0.337. The normalized spacial score (nSPS) is 11.9. The molecule has 0 bridgehead atoms. The van der Waals surface area contributed by atoms with Crippen molar-refractivity contribution in [3.8, 4) is 0 Å². The molecule has 2 aromatic rings. The highest BCUT2D eigenvalue weighted by Gasteiger charge is 2.17. The van der Waals surface area contributed by atoms with Crippen LogP contribution in [0.25, 0.3) is 11.0 Å². The van der Waals surface area contributed by atoms with Gasteiger partial charge in [-0.25, -0.2) is 4.79 Å². The summed E-state index contributed by atoms with van der Waals surface area (Å²) in [6, 6.07) is 5.46. The van der Waals surface area contributed by atoms with Crippen LogP contribution in [0.2, 0.25) is 0 Å². The molecule has 0 amide bonds. The lowest BCUT2D eigenvalue weighted by Crippen LogP contribution is -2.24. The third kappa shape index (κ3) is 3.24. The van der Waals surface area contributed by atoms with E-state index in [1.54, 1.807) is 19.2 Å². The standard InChI is InChI=1S/C13H17N3O2.ClH/c1-3-18-13(17)12-7-10-11(5-4-6-15-10)16(12)8-9(2)14;/h4-7,9H,3,8,14H2,1-2H3;1H/t9-;/m1./s1. The van der Waals surface area contributed by atoms with Crippen LogP contribution in [-0.2, 0) is 11.3 Å². The number of carbonyl (C=O) groups is 1. The van der Waals surface area contributed by atoms with Crippen molar-refractivity contribution in [2.45, 2.75) is 26.4 Å². The third-order valence-corrected chi connectivity index (χ3v) is 2.63. The molecule has 0 aliphatic heterocycles. The lowest BCUT2D eigenvalue weighted by Gasteiger charge is -2.12. The fraction of sp³-hybridized carbons (Fsp3) is 0.385. The minimum atomic E-state index is -0.337. The summed E-state index contributed by atoms with van der Waals surface area (Å²) in [6.07, 6.45) is 1.70. The Bertz CT molecular complexity index is 566. The zero-order chi connectivity index (χ0) is 13.1. The van der Waals surface area contributed by atoms with E-state index in [1.807, 2.05) is 23.6 Å². The average Bonchev–Trinajstić information content (AvgIpc) is 2.68. The van der Waals surface area contributed by atoms with Gasteiger partial charge in [0.2, 0.25) is 0 Å². The molecular formula is C13H18ClN3O2. The van der Waals surface area contributed by atoms with Crippen LogP contribution >= 0.6 is 12.4 Å². The second kappa shape index (κ2) is 6.54. The largest absolute Gasteiger partial charge is 0.461 e. The van der Waals surface area contributed by atoms with Crippen molar-refractivity contribution in [1.29, 1.82) is 0 Å². The van der Waals surface area contributed by atoms with Crippen LogP contribution in [-0.4, -0.2) is 28.2 Å². The van der Waals surface area contributed by atoms with E-state index in [4.69, 9.17) is 10.5 Å². The molecule has 6 heteroatoms. The maximum atomic E-state index is 11.9. The third-order valence-electron chi connectivity index (χ3n) is 2.63. The first-order valence-electron chi connectivity index (χ1n) is 6.00. The Balaban J connectivity index is 0.00000180. The number of nitrogens with zero attached hydrogens (tertiary/aromatic N) is 2. The Kier molecular flexibility index (Phi) is 5.32. The van der Waals surface area contributed by atoms with Gasteiger partial charge in [-0.05, 0) is 32.0 Å². The molecule has 5 nitrogen and oxygen atoms in total. The monoisotopic (exact) mass is 283 g/mol. The van der Waals surface area contributed by atoms with Gasteiger partial charge in [-0.2, -0.15) is 0 Å². The Morgan fingerprint density at radius 3 is 2.95 bits per heavy atom. The first-order chi connectivity index (χ1) is 8.63. The second-order valence-corrected chi connectivity index (χ2v) is 4.25. The topological polar surface area (TPSA) is 70.1 Å². The zero-order valence-corrected chi connectivity index (χ0v) is 11.8. The number of ether oxygens (including phenoxy) is 1. The minimum absolute atomic E-state index is 0. The van der Waals surface area contributed by atoms with Crippen LogP contribution in [0.5, 0.6) is 0 Å². The number of pyridine rings is 1. The van der Waals surface area contributed by atoms with Gasteiger partial charge >= 0.3 is 5.97 Å². The Morgan fingerprint density at radius 2 is 2.32 bits per heavy atom. The Labute approximate surface area is 118 Å². The number of aromatic nitrogens is 2. The van der Waals surface area contributed by atoms with Gasteiger partial charge in [-0.15, -0.1) is 12.4 Å². The summed E-state index contributed by atoms with van der Waals surface area (Å²) in [5, 5.41) is 0. The SMILES string of the molecule is CCOC(=O)c1cc2ncccc2n1C[C@@H](C)N.Cl. The molecule has 0 unspecified atom stereocenters. The van der Waals surface area contributed by atoms with E-state index in [9.17, 15) is 4.79 Å². The molecular weight excluding hydrogens is 266 g/mol. The van der Waals surface area contributed by atoms with E-state index < -0.39 is 0 Å². The number of fused-ring (bicyclic) bond motifs is 1. The number of esters is 1. The zero-order valence-electron chi connectivity index (χ0n) is 11.0. The fourth-order valence-electron chi connectivity index (χ4n) is 1.94. The van der Waals surface area contributed by atoms with Gasteiger partial charge in [0.05, 0.1) is 17.6 Å². The molecule has 0 aliphatic carbocycles. The average molecular weight is 284 g/mol. The highest BCUT2D eigenvalue weighted by molar-refractivity contribution is 5.94. The van der Waals surface area contributed by atoms with Crippen molar-refractivity contribution in [3.63, 3.8) is 0 Å². The van der Waals surface area contributed by atoms with Crippen LogP contribution in [0.4, 0.5) is 0 Å². The summed E-state index contributed by atoms with van der Waals surface area (Å²) in [5.41, 5.74) is 8.01. The lowest BCUT2D eigenvalue weighted by atomic mass is 10.3. The van der Waals surface area contributed by atoms with Crippen molar-refractivity contribution in [1.82, 2.24) is 9.55 Å². The van der Waals surface area contributed by atoms with Gasteiger partial charge in [-0.3, -0.25) is 4.98 Å². The first-order valence-corrected chi connectivity index (χ1v) is 6.00. The molecule has 1 atom stereocenters. The van der Waals surface area contributed by atoms with Crippen molar-refractivity contribution in [2.75, 3.05) is 6.61 Å². The quantitative estimate of drug-likeness (QED) is 0.871. The molecule has 0 saturated carbocycles. The lowest BCUT2D eigenvalue weighted by molar-refractivity contribution is 0.0514. The molecule has 2 N–H and O–H groups in total. The molecule has 2 heterocycles. The number of hydrogen-bond acceptors (Lipinski definition) is 4. The van der Waals surface area contributed by atoms with E-state index in [-0.39, 0.29) is 24.4 Å². The number of rotatable bonds is 4. The van der Waals surface area contributed by atoms with Crippen molar-refractivity contribution < 1.29 is 9.53 Å². The van der Waals surface area contributed by atoms with Crippen LogP contribution in [0.3, 0.4) is 0 Å². The van der Waals surface area contributed by atoms with Crippen LogP contribution in [0, 0.1) is 0 Å². The van der Waals surface area contributed by atoms with Gasteiger partial charge in [0.1, 0.15) is 5.69 Å². The van der Waals surface area contributed by atoms with Gasteiger partial charge < -0.3 is 15.0 Å². The molecule has 0 saturated heterocycles. The fourth-order valence-corrected chi connectivity index (χ4v) is 1.94. The second-order valence-electron chi connectivity index (χ2n) is 4.25. The van der Waals surface area contributed by atoms with Gasteiger partial charge in [0, 0.05) is 18.8 Å². The highest BCUT2D eigenvalue weighted by atomic mass is 35.5. The molecule has 0 radical (unpaired) electrons. The number of hydrogen-bond donors (Lipinski definition) is 1. The number of halogens is 1. The number of carbonyl (C=O) groups excluding carboxylic acids is 1. The number of nitrogens with two attached hydrogens (primary N) is 1. The van der Waals surface area contributed by atoms with E-state index in [2.05, 4.69) is 4.98 Å². The highest BCUT2D eigenvalue weighted by Crippen LogP contribution is 2.19. The molecule has 19 heavy (non-hydrogen) atoms. The smallest absolute Gasteiger partial charge is 0.355 e. The van der Waals surface area contributed by atoms with Gasteiger partial charge in [0.25, 0.3) is 0 Å². The van der Waals surface area contributed by atoms with Crippen molar-refractivity contribution in [2.24, 2.45) is 5.73 Å². The Hall–Kier alpha value is -1.59. The molecule has 0 fully saturated rings. The van der Waals surface area contributed by atoms with E-state index >= 15 is 0 Å². The summed E-state index contributed by atoms with van der Waals surface area (Å²) in [4.78, 5) is 16.1. The van der Waals surface area contributed by atoms with Crippen molar-refractivity contribution in [3.05, 3.63) is 30.1 Å². The summed E-state index contributed by atoms with van der Waals surface area (Å²) in [7, 11) is 0. The predicted octanol–water partition coefficient (Wildman–Crippen LogP) is 1.98. The van der Waals surface area contributed by atoms with E-state index in [0.717, 1.165) is 11.0 Å². The van der Waals surface area contributed by atoms with Crippen LogP contribution in [0.1, 0.15) is 24.3 Å². The minimum Gasteiger partial charge on any atom is -0.461 e. The molecule has 0 aromatic carbocycles. The summed E-state index contributed by atoms with van der Waals surface area (Å²) in [6.45, 7) is 4.60. The van der Waals surface area contributed by atoms with Crippen molar-refractivity contribution >= 4 is 29.4 Å². The maximum absolute atomic E-state index is 11.9. The molecule has 0 aliphatic rings. The predicted molar refractivity (Wildman–Crippen MR) is 76.6 cm³/mol. The first kappa shape index (κ1) is 15.5. The van der Waals surface area contributed by atoms with Gasteiger partial charge in [0.15, 0.2) is 0 Å². The van der Waals surface area contributed by atoms with Crippen LogP contribution in [0.15, 0.2) is 24.4 Å². The van der Waals surface area contributed by atoms with E-state index in [0.29, 0.717) is 18.8 Å². The van der Waals surface area contributed by atoms with E-state index in [1.165, 1.54) is 0 Å². The molecule has 2 rings (SSSR count). The summed E-state index contributed by atoms with van der Waals surface area (Å²) >= 11 is 0.